The van der Waals surface area contributed by atoms with Crippen molar-refractivity contribution >= 4 is 53.6 Å². The topological polar surface area (TPSA) is 444 Å². The van der Waals surface area contributed by atoms with E-state index in [1.807, 2.05) is 11.8 Å². The third-order valence-corrected chi connectivity index (χ3v) is 15.9. The number of aromatic nitrogens is 3. The number of carbonyl (C=O) groups excluding carboxylic acids is 5. The Kier molecular flexibility index (Phi) is 59.7. The molecule has 3 rings (SSSR count). The van der Waals surface area contributed by atoms with Gasteiger partial charge in [-0.15, -0.1) is 5.10 Å². The van der Waals surface area contributed by atoms with Gasteiger partial charge in [0.05, 0.1) is 276 Å². The molecule has 2 aliphatic heterocycles. The Morgan fingerprint density at radius 2 is 0.767 bits per heavy atom. The monoisotopic (exact) mass is 1500 g/mol. The molecule has 0 radical (unpaired) electrons. The molecule has 0 unspecified atom stereocenters. The summed E-state index contributed by atoms with van der Waals surface area (Å²) in [6, 6.07) is 0.309. The minimum absolute atomic E-state index is 0.0219. The van der Waals surface area contributed by atoms with E-state index in [0.717, 1.165) is 25.0 Å². The molecule has 1 aromatic rings. The standard InChI is InChI=1S/C64H117N11O27S/c76-57(4-2-1-3-56-61-55(53-103-56)70-62(80)71-61)69-51-54-52-75(73-72-54)14-20-90-26-32-96-38-44-102-50-47-99-41-35-93-29-23-87-17-7-60(79)74(12-18-88-24-30-94-36-42-100-48-45-97-39-33-91-27-21-85-15-5-58(77)65-8-10-67-63(81)82)13-19-89-25-31-95-37-43-101-49-46-98-40-34-92-28-22-86-16-6-59(78)66-9-11-68-64(83)84/h52,55-56,61,67-68H,1-51,53H2,(H,65,77)(H,66,78)(H,69,76)(H,81,82)(H,83,84)(H2,70,71,80)/t55-,56-,61-/m0/s1. The molecule has 9 N–H and O–H groups in total. The van der Waals surface area contributed by atoms with E-state index in [1.165, 1.54) is 0 Å². The highest BCUT2D eigenvalue weighted by Crippen LogP contribution is 2.33. The maximum atomic E-state index is 13.3. The Labute approximate surface area is 607 Å². The smallest absolute Gasteiger partial charge is 0.404 e. The lowest BCUT2D eigenvalue weighted by Gasteiger charge is -2.23. The van der Waals surface area contributed by atoms with Gasteiger partial charge in [-0.3, -0.25) is 19.2 Å². The van der Waals surface area contributed by atoms with Gasteiger partial charge in [0.15, 0.2) is 0 Å². The number of carbonyl (C=O) groups is 7. The fraction of sp³-hybridized carbons (Fsp3) is 0.859. The highest BCUT2D eigenvalue weighted by Gasteiger charge is 2.42. The second-order valence-corrected chi connectivity index (χ2v) is 23.7. The first-order valence-electron chi connectivity index (χ1n) is 35.5. The van der Waals surface area contributed by atoms with Crippen LogP contribution in [-0.2, 0) is 118 Å². The summed E-state index contributed by atoms with van der Waals surface area (Å²) in [5.41, 5.74) is 0.673. The second-order valence-electron chi connectivity index (χ2n) is 22.4. The Morgan fingerprint density at radius 3 is 1.16 bits per heavy atom. The normalized spacial score (nSPS) is 14.7. The number of unbranched alkanes of at least 4 members (excludes halogenated alkanes) is 1. The van der Waals surface area contributed by atoms with Crippen molar-refractivity contribution in [3.05, 3.63) is 11.9 Å². The van der Waals surface area contributed by atoms with E-state index in [0.29, 0.717) is 262 Å². The van der Waals surface area contributed by atoms with Crippen molar-refractivity contribution in [1.82, 2.24) is 57.1 Å². The highest BCUT2D eigenvalue weighted by atomic mass is 32.2. The Morgan fingerprint density at radius 1 is 0.427 bits per heavy atom. The van der Waals surface area contributed by atoms with Crippen LogP contribution in [-0.4, -0.2) is 372 Å². The molecule has 0 aromatic carbocycles. The molecule has 0 spiro atoms. The molecule has 0 saturated carbocycles. The van der Waals surface area contributed by atoms with Crippen LogP contribution in [0, 0.1) is 0 Å². The summed E-state index contributed by atoms with van der Waals surface area (Å²) in [7, 11) is 0. The number of nitrogens with zero attached hydrogens (tertiary/aromatic N) is 4. The lowest BCUT2D eigenvalue weighted by atomic mass is 10.0. The van der Waals surface area contributed by atoms with Crippen molar-refractivity contribution in [2.24, 2.45) is 0 Å². The zero-order valence-corrected chi connectivity index (χ0v) is 60.7. The number of amides is 8. The number of ether oxygens (including phenoxy) is 18. The van der Waals surface area contributed by atoms with Gasteiger partial charge in [0.25, 0.3) is 0 Å². The minimum Gasteiger partial charge on any atom is -0.465 e. The molecule has 103 heavy (non-hydrogen) atoms. The summed E-state index contributed by atoms with van der Waals surface area (Å²) in [6.07, 6.45) is 3.13. The first-order chi connectivity index (χ1) is 50.5. The van der Waals surface area contributed by atoms with E-state index < -0.39 is 12.2 Å². The number of rotatable bonds is 76. The van der Waals surface area contributed by atoms with Crippen molar-refractivity contribution in [2.45, 2.75) is 75.4 Å². The molecule has 2 fully saturated rings. The maximum Gasteiger partial charge on any atom is 0.404 e. The average Bonchev–Trinajstić information content (AvgIpc) is 1.67. The lowest BCUT2D eigenvalue weighted by molar-refractivity contribution is -0.134. The van der Waals surface area contributed by atoms with Crippen LogP contribution in [0.2, 0.25) is 0 Å². The average molecular weight is 1500 g/mol. The number of nitrogens with one attached hydrogen (secondary N) is 7. The predicted molar refractivity (Wildman–Crippen MR) is 369 cm³/mol. The molecule has 39 heteroatoms. The zero-order valence-electron chi connectivity index (χ0n) is 59.9. The van der Waals surface area contributed by atoms with Crippen LogP contribution >= 0.6 is 11.8 Å². The van der Waals surface area contributed by atoms with E-state index in [1.54, 1.807) is 15.8 Å². The minimum atomic E-state index is -1.14. The van der Waals surface area contributed by atoms with Crippen LogP contribution in [0.15, 0.2) is 6.20 Å². The molecule has 8 amide bonds. The molecule has 38 nitrogen and oxygen atoms in total. The van der Waals surface area contributed by atoms with Crippen molar-refractivity contribution in [2.75, 3.05) is 283 Å². The van der Waals surface area contributed by atoms with Crippen molar-refractivity contribution < 1.29 is 129 Å². The predicted octanol–water partition coefficient (Wildman–Crippen LogP) is -1.31. The SMILES string of the molecule is O=C(O)NCCNC(=O)CCOCCOCCOCCOCCOCCOCCN(CCOCCOCCOCCOCCOCCOCCC(=O)NCCNC(=O)O)C(=O)CCOCCOCCOCCOCCOCCOCCn1cc(CNC(=O)CCCC[C@@H]2SC[C@@H]3NC(=O)N[C@@H]32)nn1. The van der Waals surface area contributed by atoms with Gasteiger partial charge < -0.3 is 138 Å². The van der Waals surface area contributed by atoms with Crippen LogP contribution in [0.5, 0.6) is 0 Å². The quantitative estimate of drug-likeness (QED) is 0.0270. The van der Waals surface area contributed by atoms with Crippen LogP contribution in [0.25, 0.3) is 0 Å². The Bertz CT molecular complexity index is 2210. The number of hydrogen-bond acceptors (Lipinski definition) is 28. The summed E-state index contributed by atoms with van der Waals surface area (Å²) in [5.74, 6) is 0.344. The summed E-state index contributed by atoms with van der Waals surface area (Å²) < 4.78 is 102. The fourth-order valence-corrected chi connectivity index (χ4v) is 10.7. The van der Waals surface area contributed by atoms with Crippen LogP contribution in [0.1, 0.15) is 50.6 Å². The second kappa shape index (κ2) is 67.1. The van der Waals surface area contributed by atoms with E-state index >= 15 is 0 Å². The highest BCUT2D eigenvalue weighted by molar-refractivity contribution is 8.00. The van der Waals surface area contributed by atoms with Gasteiger partial charge in [-0.2, -0.15) is 11.8 Å². The van der Waals surface area contributed by atoms with Gasteiger partial charge in [0.1, 0.15) is 5.69 Å². The molecular weight excluding hydrogens is 1390 g/mol. The van der Waals surface area contributed by atoms with E-state index in [-0.39, 0.29) is 107 Å². The van der Waals surface area contributed by atoms with Gasteiger partial charge >= 0.3 is 18.2 Å². The number of carboxylic acid groups (broad SMARTS) is 2. The molecule has 3 heterocycles. The van der Waals surface area contributed by atoms with Crippen molar-refractivity contribution in [3.63, 3.8) is 0 Å². The molecule has 0 aliphatic carbocycles. The number of fused-ring (bicyclic) bond motifs is 1. The van der Waals surface area contributed by atoms with Crippen molar-refractivity contribution in [3.8, 4) is 0 Å². The van der Waals surface area contributed by atoms with Crippen LogP contribution in [0.3, 0.4) is 0 Å². The third kappa shape index (κ3) is 56.5. The van der Waals surface area contributed by atoms with E-state index in [2.05, 4.69) is 47.5 Å². The summed E-state index contributed by atoms with van der Waals surface area (Å²) in [4.78, 5) is 83.2. The van der Waals surface area contributed by atoms with Gasteiger partial charge in [-0.05, 0) is 12.8 Å². The molecule has 596 valence electrons. The van der Waals surface area contributed by atoms with E-state index in [9.17, 15) is 33.6 Å². The van der Waals surface area contributed by atoms with Gasteiger partial charge in [0, 0.05) is 69.5 Å². The molecule has 2 saturated heterocycles. The van der Waals surface area contributed by atoms with E-state index in [4.69, 9.17) is 95.5 Å². The largest absolute Gasteiger partial charge is 0.465 e. The lowest BCUT2D eigenvalue weighted by Crippen LogP contribution is -2.37. The van der Waals surface area contributed by atoms with Gasteiger partial charge in [0.2, 0.25) is 23.6 Å². The Balaban J connectivity index is 1.12. The summed E-state index contributed by atoms with van der Waals surface area (Å²) in [5, 5.41) is 44.1. The molecule has 1 aromatic heterocycles. The zero-order chi connectivity index (χ0) is 73.8. The summed E-state index contributed by atoms with van der Waals surface area (Å²) in [6.45, 7) is 15.1. The number of hydrogen-bond donors (Lipinski definition) is 9. The fourth-order valence-electron chi connectivity index (χ4n) is 9.12. The van der Waals surface area contributed by atoms with Gasteiger partial charge in [-0.25, -0.2) is 19.1 Å². The first-order valence-corrected chi connectivity index (χ1v) is 36.5. The van der Waals surface area contributed by atoms with Crippen LogP contribution < -0.4 is 37.2 Å². The Hall–Kier alpha value is -5.54. The van der Waals surface area contributed by atoms with Crippen molar-refractivity contribution in [1.29, 1.82) is 0 Å². The van der Waals surface area contributed by atoms with Crippen LogP contribution in [0.4, 0.5) is 14.4 Å². The molecule has 3 atom stereocenters. The molecule has 2 aliphatic rings. The molecular formula is C64H117N11O27S. The summed E-state index contributed by atoms with van der Waals surface area (Å²) >= 11 is 1.88. The van der Waals surface area contributed by atoms with Gasteiger partial charge in [-0.1, -0.05) is 11.6 Å². The number of thioether (sulfide) groups is 1. The first kappa shape index (κ1) is 91.7. The third-order valence-electron chi connectivity index (χ3n) is 14.4. The molecule has 0 bridgehead atoms. The number of urea groups is 1. The maximum absolute atomic E-state index is 13.3.